The summed E-state index contributed by atoms with van der Waals surface area (Å²) >= 11 is 1.44. The van der Waals surface area contributed by atoms with Gasteiger partial charge in [-0.15, -0.1) is 5.10 Å². The third-order valence-corrected chi connectivity index (χ3v) is 6.52. The lowest BCUT2D eigenvalue weighted by Gasteiger charge is -2.17. The topological polar surface area (TPSA) is 140 Å². The maximum atomic E-state index is 12.5. The molecule has 1 N–H and O–H groups in total. The second-order valence-electron chi connectivity index (χ2n) is 7.81. The molecule has 0 aliphatic carbocycles. The van der Waals surface area contributed by atoms with Gasteiger partial charge in [0.25, 0.3) is 0 Å². The molecule has 0 unspecified atom stereocenters. The van der Waals surface area contributed by atoms with Gasteiger partial charge in [-0.1, -0.05) is 17.8 Å². The lowest BCUT2D eigenvalue weighted by Crippen LogP contribution is -2.35. The van der Waals surface area contributed by atoms with Crippen LogP contribution in [0.4, 0.5) is 10.5 Å². The van der Waals surface area contributed by atoms with Crippen molar-refractivity contribution in [3.05, 3.63) is 54.0 Å². The molecular weight excluding hydrogens is 478 g/mol. The van der Waals surface area contributed by atoms with Gasteiger partial charge in [0.15, 0.2) is 6.10 Å². The van der Waals surface area contributed by atoms with E-state index >= 15 is 0 Å². The van der Waals surface area contributed by atoms with E-state index in [4.69, 9.17) is 23.4 Å². The van der Waals surface area contributed by atoms with Crippen LogP contribution >= 0.6 is 11.8 Å². The van der Waals surface area contributed by atoms with Gasteiger partial charge in [-0.2, -0.15) is 0 Å². The highest BCUT2D eigenvalue weighted by atomic mass is 32.2. The Morgan fingerprint density at radius 2 is 2.09 bits per heavy atom. The molecule has 2 fully saturated rings. The molecule has 12 nitrogen and oxygen atoms in total. The molecule has 4 heterocycles. The molecule has 184 valence electrons. The van der Waals surface area contributed by atoms with Crippen molar-refractivity contribution in [3.8, 4) is 0 Å². The van der Waals surface area contributed by atoms with Crippen molar-refractivity contribution in [3.63, 3.8) is 0 Å². The van der Waals surface area contributed by atoms with E-state index in [1.807, 2.05) is 12.1 Å². The predicted molar refractivity (Wildman–Crippen MR) is 121 cm³/mol. The van der Waals surface area contributed by atoms with E-state index in [2.05, 4.69) is 20.8 Å². The number of hydrogen-bond acceptors (Lipinski definition) is 11. The van der Waals surface area contributed by atoms with Gasteiger partial charge in [-0.25, -0.2) is 14.3 Å². The van der Waals surface area contributed by atoms with E-state index in [-0.39, 0.29) is 25.4 Å². The van der Waals surface area contributed by atoms with E-state index in [0.717, 1.165) is 5.76 Å². The molecule has 5 rings (SSSR count). The number of benzene rings is 1. The number of carbonyl (C=O) groups excluding carboxylic acids is 2. The first kappa shape index (κ1) is 23.3. The largest absolute Gasteiger partial charge is 0.468 e. The average Bonchev–Trinajstić information content (AvgIpc) is 3.64. The van der Waals surface area contributed by atoms with Crippen LogP contribution in [0, 0.1) is 0 Å². The maximum absolute atomic E-state index is 12.5. The quantitative estimate of drug-likeness (QED) is 0.360. The van der Waals surface area contributed by atoms with Crippen molar-refractivity contribution in [1.29, 1.82) is 0 Å². The van der Waals surface area contributed by atoms with Crippen molar-refractivity contribution in [1.82, 2.24) is 20.2 Å². The fourth-order valence-corrected chi connectivity index (χ4v) is 4.83. The SMILES string of the molecule is CCOC(=O)c1cccc(NC(=O)O[C@H]2CO[C@@H]3[C@@H]2OC[C@@H]3n2nnnc2SCc2ccco2)c1. The molecule has 2 aromatic heterocycles. The van der Waals surface area contributed by atoms with Gasteiger partial charge in [-0.3, -0.25) is 5.32 Å². The number of nitrogens with zero attached hydrogens (tertiary/aromatic N) is 4. The number of carbonyl (C=O) groups is 2. The minimum absolute atomic E-state index is 0.180. The Balaban J connectivity index is 1.18. The van der Waals surface area contributed by atoms with Crippen LogP contribution in [0.5, 0.6) is 0 Å². The Morgan fingerprint density at radius 1 is 1.20 bits per heavy atom. The van der Waals surface area contributed by atoms with E-state index in [9.17, 15) is 9.59 Å². The molecule has 0 spiro atoms. The summed E-state index contributed by atoms with van der Waals surface area (Å²) in [6.45, 7) is 2.49. The summed E-state index contributed by atoms with van der Waals surface area (Å²) in [7, 11) is 0. The summed E-state index contributed by atoms with van der Waals surface area (Å²) in [6.07, 6.45) is -0.484. The molecule has 0 bridgehead atoms. The molecule has 2 saturated heterocycles. The summed E-state index contributed by atoms with van der Waals surface area (Å²) in [5, 5.41) is 15.3. The summed E-state index contributed by atoms with van der Waals surface area (Å²) in [5.41, 5.74) is 0.742. The van der Waals surface area contributed by atoms with Crippen LogP contribution in [0.15, 0.2) is 52.2 Å². The lowest BCUT2D eigenvalue weighted by atomic mass is 10.1. The predicted octanol–water partition coefficient (Wildman–Crippen LogP) is 2.69. The first-order valence-corrected chi connectivity index (χ1v) is 12.0. The zero-order valence-electron chi connectivity index (χ0n) is 18.7. The fourth-order valence-electron chi connectivity index (χ4n) is 4.00. The molecule has 4 atom stereocenters. The smallest absolute Gasteiger partial charge is 0.412 e. The van der Waals surface area contributed by atoms with Crippen molar-refractivity contribution in [2.24, 2.45) is 0 Å². The van der Waals surface area contributed by atoms with Crippen molar-refractivity contribution >= 4 is 29.5 Å². The number of hydrogen-bond donors (Lipinski definition) is 1. The molecule has 3 aromatic rings. The zero-order valence-corrected chi connectivity index (χ0v) is 19.6. The van der Waals surface area contributed by atoms with Gasteiger partial charge in [0, 0.05) is 5.69 Å². The molecule has 0 radical (unpaired) electrons. The number of tetrazole rings is 1. The van der Waals surface area contributed by atoms with Gasteiger partial charge >= 0.3 is 12.1 Å². The Morgan fingerprint density at radius 3 is 2.91 bits per heavy atom. The number of ether oxygens (including phenoxy) is 4. The molecule has 35 heavy (non-hydrogen) atoms. The Bertz CT molecular complexity index is 1170. The third-order valence-electron chi connectivity index (χ3n) is 5.56. The van der Waals surface area contributed by atoms with Gasteiger partial charge in [0.1, 0.15) is 24.0 Å². The van der Waals surface area contributed by atoms with Crippen LogP contribution in [0.2, 0.25) is 0 Å². The van der Waals surface area contributed by atoms with E-state index in [1.165, 1.54) is 17.8 Å². The maximum Gasteiger partial charge on any atom is 0.412 e. The Labute approximate surface area is 204 Å². The van der Waals surface area contributed by atoms with Gasteiger partial charge in [0.2, 0.25) is 5.16 Å². The summed E-state index contributed by atoms with van der Waals surface area (Å²) in [6, 6.07) is 9.89. The van der Waals surface area contributed by atoms with Gasteiger partial charge in [-0.05, 0) is 47.7 Å². The highest BCUT2D eigenvalue weighted by molar-refractivity contribution is 7.98. The van der Waals surface area contributed by atoms with E-state index < -0.39 is 24.3 Å². The number of amides is 1. The number of esters is 1. The van der Waals surface area contributed by atoms with Crippen LogP contribution in [0.3, 0.4) is 0 Å². The molecule has 2 aliphatic heterocycles. The zero-order chi connectivity index (χ0) is 24.2. The highest BCUT2D eigenvalue weighted by Gasteiger charge is 2.51. The minimum atomic E-state index is -0.676. The van der Waals surface area contributed by atoms with E-state index in [1.54, 1.807) is 36.1 Å². The van der Waals surface area contributed by atoms with Crippen LogP contribution in [0.25, 0.3) is 0 Å². The number of thioether (sulfide) groups is 1. The summed E-state index contributed by atoms with van der Waals surface area (Å²) in [4.78, 5) is 24.4. The number of nitrogens with one attached hydrogen (secondary N) is 1. The second kappa shape index (κ2) is 10.5. The first-order chi connectivity index (χ1) is 17.1. The number of rotatable bonds is 8. The van der Waals surface area contributed by atoms with Crippen LogP contribution in [-0.2, 0) is 24.7 Å². The molecule has 2 aliphatic rings. The summed E-state index contributed by atoms with van der Waals surface area (Å²) in [5.74, 6) is 0.930. The number of aromatic nitrogens is 4. The lowest BCUT2D eigenvalue weighted by molar-refractivity contribution is 0.00751. The first-order valence-electron chi connectivity index (χ1n) is 11.0. The van der Waals surface area contributed by atoms with E-state index in [0.29, 0.717) is 28.8 Å². The monoisotopic (exact) mass is 501 g/mol. The van der Waals surface area contributed by atoms with Gasteiger partial charge < -0.3 is 23.4 Å². The molecule has 0 saturated carbocycles. The summed E-state index contributed by atoms with van der Waals surface area (Å²) < 4.78 is 29.5. The minimum Gasteiger partial charge on any atom is -0.468 e. The molecule has 1 aromatic carbocycles. The third kappa shape index (κ3) is 5.16. The number of fused-ring (bicyclic) bond motifs is 1. The normalized spacial score (nSPS) is 23.1. The second-order valence-corrected chi connectivity index (χ2v) is 8.75. The number of furan rings is 1. The average molecular weight is 502 g/mol. The van der Waals surface area contributed by atoms with Gasteiger partial charge in [0.05, 0.1) is 37.4 Å². The van der Waals surface area contributed by atoms with Crippen LogP contribution in [0.1, 0.15) is 29.1 Å². The fraction of sp³-hybridized carbons (Fsp3) is 0.409. The standard InChI is InChI=1S/C22H23N5O7S/c1-2-30-20(28)13-5-3-6-14(9-13)23-22(29)34-17-11-33-18-16(10-32-19(17)18)27-21(24-25-26-27)35-12-15-7-4-8-31-15/h3-9,16-19H,2,10-12H2,1H3,(H,23,29)/t16-,17-,18-,19+/m0/s1. The Kier molecular flexibility index (Phi) is 6.97. The molecular formula is C22H23N5O7S. The van der Waals surface area contributed by atoms with Crippen molar-refractivity contribution < 1.29 is 33.0 Å². The van der Waals surface area contributed by atoms with Crippen molar-refractivity contribution in [2.45, 2.75) is 42.2 Å². The van der Waals surface area contributed by atoms with Crippen molar-refractivity contribution in [2.75, 3.05) is 25.1 Å². The number of anilines is 1. The van der Waals surface area contributed by atoms with Crippen LogP contribution in [-0.4, -0.2) is 70.4 Å². The molecule has 1 amide bonds. The highest BCUT2D eigenvalue weighted by Crippen LogP contribution is 2.37. The molecule has 13 heteroatoms. The Hall–Kier alpha value is -3.42. The van der Waals surface area contributed by atoms with Crippen LogP contribution < -0.4 is 5.32 Å².